The molecule has 4 heteroatoms. The van der Waals surface area contributed by atoms with E-state index in [1.807, 2.05) is 18.2 Å². The van der Waals surface area contributed by atoms with Crippen molar-refractivity contribution < 1.29 is 9.13 Å². The molecule has 0 aliphatic carbocycles. The third-order valence-electron chi connectivity index (χ3n) is 2.72. The second kappa shape index (κ2) is 6.55. The molecule has 0 saturated carbocycles. The predicted octanol–water partition coefficient (Wildman–Crippen LogP) is 3.56. The first kappa shape index (κ1) is 13.8. The van der Waals surface area contributed by atoms with E-state index in [1.165, 1.54) is 12.1 Å². The van der Waals surface area contributed by atoms with Crippen LogP contribution in [0, 0.1) is 5.82 Å². The summed E-state index contributed by atoms with van der Waals surface area (Å²) >= 11 is 5.94. The Balaban J connectivity index is 2.10. The fourth-order valence-electron chi connectivity index (χ4n) is 1.83. The van der Waals surface area contributed by atoms with Crippen molar-refractivity contribution in [3.05, 3.63) is 64.4 Å². The van der Waals surface area contributed by atoms with Gasteiger partial charge in [0.2, 0.25) is 0 Å². The van der Waals surface area contributed by atoms with Gasteiger partial charge in [0.15, 0.2) is 0 Å². The van der Waals surface area contributed by atoms with Crippen LogP contribution < -0.4 is 10.5 Å². The Morgan fingerprint density at radius 3 is 2.74 bits per heavy atom. The zero-order valence-electron chi connectivity index (χ0n) is 10.4. The summed E-state index contributed by atoms with van der Waals surface area (Å²) < 4.78 is 18.8. The molecule has 2 aromatic carbocycles. The second-order valence-electron chi connectivity index (χ2n) is 4.21. The number of benzene rings is 2. The van der Waals surface area contributed by atoms with Gasteiger partial charge in [-0.2, -0.15) is 0 Å². The van der Waals surface area contributed by atoms with Crippen LogP contribution >= 0.6 is 11.6 Å². The Bertz CT molecular complexity index is 560. The van der Waals surface area contributed by atoms with E-state index in [1.54, 1.807) is 12.1 Å². The number of nitrogens with two attached hydrogens (primary N) is 1. The van der Waals surface area contributed by atoms with Crippen molar-refractivity contribution in [2.24, 2.45) is 5.73 Å². The van der Waals surface area contributed by atoms with Gasteiger partial charge in [-0.3, -0.25) is 0 Å². The second-order valence-corrected chi connectivity index (χ2v) is 4.65. The van der Waals surface area contributed by atoms with Crippen LogP contribution in [0.5, 0.6) is 5.75 Å². The Morgan fingerprint density at radius 1 is 1.16 bits per heavy atom. The number of rotatable bonds is 5. The highest BCUT2D eigenvalue weighted by Crippen LogP contribution is 2.24. The van der Waals surface area contributed by atoms with Crippen molar-refractivity contribution in [2.45, 2.75) is 13.0 Å². The molecule has 2 rings (SSSR count). The molecule has 2 nitrogen and oxygen atoms in total. The van der Waals surface area contributed by atoms with E-state index in [-0.39, 0.29) is 5.82 Å². The van der Waals surface area contributed by atoms with Crippen LogP contribution in [0.15, 0.2) is 42.5 Å². The average molecular weight is 280 g/mol. The zero-order chi connectivity index (χ0) is 13.7. The molecule has 0 unspecified atom stereocenters. The fourth-order valence-corrected chi connectivity index (χ4v) is 2.02. The van der Waals surface area contributed by atoms with Crippen molar-refractivity contribution in [1.29, 1.82) is 0 Å². The maximum Gasteiger partial charge on any atom is 0.123 e. The van der Waals surface area contributed by atoms with E-state index in [2.05, 4.69) is 0 Å². The van der Waals surface area contributed by atoms with Gasteiger partial charge in [-0.1, -0.05) is 23.7 Å². The molecule has 0 spiro atoms. The van der Waals surface area contributed by atoms with Crippen molar-refractivity contribution in [1.82, 2.24) is 0 Å². The summed E-state index contributed by atoms with van der Waals surface area (Å²) in [5.74, 6) is 0.471. The monoisotopic (exact) mass is 279 g/mol. The molecule has 0 radical (unpaired) electrons. The summed E-state index contributed by atoms with van der Waals surface area (Å²) in [4.78, 5) is 0. The van der Waals surface area contributed by atoms with E-state index in [0.29, 0.717) is 24.6 Å². The molecule has 2 aromatic rings. The molecule has 0 aromatic heterocycles. The summed E-state index contributed by atoms with van der Waals surface area (Å²) in [6, 6.07) is 11.8. The molecule has 0 aliphatic rings. The molecule has 100 valence electrons. The van der Waals surface area contributed by atoms with Crippen molar-refractivity contribution in [3.63, 3.8) is 0 Å². The normalized spacial score (nSPS) is 10.5. The number of hydrogen-bond acceptors (Lipinski definition) is 2. The third kappa shape index (κ3) is 3.94. The summed E-state index contributed by atoms with van der Waals surface area (Å²) in [6.45, 7) is 0.841. The predicted molar refractivity (Wildman–Crippen MR) is 74.9 cm³/mol. The van der Waals surface area contributed by atoms with Crippen LogP contribution in [-0.4, -0.2) is 6.54 Å². The number of halogens is 2. The lowest BCUT2D eigenvalue weighted by molar-refractivity contribution is 0.302. The SMILES string of the molecule is NCCc1cc(Cl)ccc1OCc1cccc(F)c1. The summed E-state index contributed by atoms with van der Waals surface area (Å²) in [5.41, 5.74) is 7.31. The smallest absolute Gasteiger partial charge is 0.123 e. The molecule has 2 N–H and O–H groups in total. The zero-order valence-corrected chi connectivity index (χ0v) is 11.2. The third-order valence-corrected chi connectivity index (χ3v) is 2.95. The summed E-state index contributed by atoms with van der Waals surface area (Å²) in [5, 5.41) is 0.654. The maximum atomic E-state index is 13.1. The van der Waals surface area contributed by atoms with Gasteiger partial charge < -0.3 is 10.5 Å². The molecule has 0 fully saturated rings. The Labute approximate surface area is 117 Å². The number of ether oxygens (including phenoxy) is 1. The highest BCUT2D eigenvalue weighted by molar-refractivity contribution is 6.30. The van der Waals surface area contributed by atoms with Gasteiger partial charge in [0.05, 0.1) is 0 Å². The first-order valence-corrected chi connectivity index (χ1v) is 6.42. The van der Waals surface area contributed by atoms with Crippen LogP contribution in [0.4, 0.5) is 4.39 Å². The number of hydrogen-bond donors (Lipinski definition) is 1. The minimum Gasteiger partial charge on any atom is -0.489 e. The largest absolute Gasteiger partial charge is 0.489 e. The average Bonchev–Trinajstić information content (AvgIpc) is 2.38. The molecule has 0 aliphatic heterocycles. The van der Waals surface area contributed by atoms with Gasteiger partial charge in [-0.05, 0) is 54.4 Å². The topological polar surface area (TPSA) is 35.2 Å². The van der Waals surface area contributed by atoms with Gasteiger partial charge >= 0.3 is 0 Å². The van der Waals surface area contributed by atoms with E-state index < -0.39 is 0 Å². The highest BCUT2D eigenvalue weighted by atomic mass is 35.5. The lowest BCUT2D eigenvalue weighted by atomic mass is 10.1. The Kier molecular flexibility index (Phi) is 4.77. The quantitative estimate of drug-likeness (QED) is 0.908. The molecule has 0 atom stereocenters. The molecule has 0 heterocycles. The van der Waals surface area contributed by atoms with Crippen molar-refractivity contribution in [2.75, 3.05) is 6.54 Å². The Hall–Kier alpha value is -1.58. The van der Waals surface area contributed by atoms with E-state index >= 15 is 0 Å². The highest BCUT2D eigenvalue weighted by Gasteiger charge is 2.05. The van der Waals surface area contributed by atoms with E-state index in [4.69, 9.17) is 22.1 Å². The molecule has 0 amide bonds. The summed E-state index contributed by atoms with van der Waals surface area (Å²) in [6.07, 6.45) is 0.693. The van der Waals surface area contributed by atoms with Crippen molar-refractivity contribution in [3.8, 4) is 5.75 Å². The van der Waals surface area contributed by atoms with Crippen LogP contribution in [0.25, 0.3) is 0 Å². The lowest BCUT2D eigenvalue weighted by Gasteiger charge is -2.11. The Morgan fingerprint density at radius 2 is 2.00 bits per heavy atom. The molecule has 0 bridgehead atoms. The standard InChI is InChI=1S/C15H15ClFNO/c16-13-4-5-15(12(9-13)6-7-18)19-10-11-2-1-3-14(17)8-11/h1-5,8-9H,6-7,10,18H2. The van der Waals surface area contributed by atoms with Gasteiger partial charge in [0, 0.05) is 5.02 Å². The molecular weight excluding hydrogens is 265 g/mol. The van der Waals surface area contributed by atoms with Gasteiger partial charge in [0.25, 0.3) is 0 Å². The van der Waals surface area contributed by atoms with Crippen LogP contribution in [0.2, 0.25) is 5.02 Å². The first-order chi connectivity index (χ1) is 9.19. The summed E-state index contributed by atoms with van der Waals surface area (Å²) in [7, 11) is 0. The molecular formula is C15H15ClFNO. The van der Waals surface area contributed by atoms with Crippen LogP contribution in [0.3, 0.4) is 0 Å². The minimum absolute atomic E-state index is 0.264. The fraction of sp³-hybridized carbons (Fsp3) is 0.200. The van der Waals surface area contributed by atoms with Crippen LogP contribution in [0.1, 0.15) is 11.1 Å². The van der Waals surface area contributed by atoms with Gasteiger partial charge in [0.1, 0.15) is 18.2 Å². The maximum absolute atomic E-state index is 13.1. The van der Waals surface area contributed by atoms with Crippen molar-refractivity contribution >= 4 is 11.6 Å². The minimum atomic E-state index is -0.264. The van der Waals surface area contributed by atoms with Crippen LogP contribution in [-0.2, 0) is 13.0 Å². The van der Waals surface area contributed by atoms with E-state index in [0.717, 1.165) is 16.9 Å². The van der Waals surface area contributed by atoms with E-state index in [9.17, 15) is 4.39 Å². The first-order valence-electron chi connectivity index (χ1n) is 6.05. The molecule has 19 heavy (non-hydrogen) atoms. The van der Waals surface area contributed by atoms with Gasteiger partial charge in [-0.25, -0.2) is 4.39 Å². The molecule has 0 saturated heterocycles. The lowest BCUT2D eigenvalue weighted by Crippen LogP contribution is -2.05. The van der Waals surface area contributed by atoms with Gasteiger partial charge in [-0.15, -0.1) is 0 Å².